The average Bonchev–Trinajstić information content (AvgIpc) is 3.38. The van der Waals surface area contributed by atoms with Gasteiger partial charge in [-0.3, -0.25) is 9.59 Å². The largest absolute Gasteiger partial charge is 0.353 e. The molecule has 0 saturated carbocycles. The Morgan fingerprint density at radius 1 is 0.970 bits per heavy atom. The molecule has 0 aliphatic carbocycles. The van der Waals surface area contributed by atoms with Gasteiger partial charge in [-0.25, -0.2) is 9.37 Å². The van der Waals surface area contributed by atoms with Gasteiger partial charge in [0.2, 0.25) is 17.8 Å². The summed E-state index contributed by atoms with van der Waals surface area (Å²) in [4.78, 5) is 30.3. The van der Waals surface area contributed by atoms with Gasteiger partial charge in [0.05, 0.1) is 18.5 Å². The van der Waals surface area contributed by atoms with Crippen LogP contribution < -0.4 is 15.5 Å². The van der Waals surface area contributed by atoms with Crippen LogP contribution in [0.3, 0.4) is 0 Å². The predicted molar refractivity (Wildman–Crippen MR) is 121 cm³/mol. The first-order valence-electron chi connectivity index (χ1n) is 10.7. The molecular weight excluding hydrogens is 423 g/mol. The van der Waals surface area contributed by atoms with Crippen LogP contribution in [0.15, 0.2) is 54.7 Å². The maximum Gasteiger partial charge on any atom is 0.239 e. The summed E-state index contributed by atoms with van der Waals surface area (Å²) in [7, 11) is 0. The summed E-state index contributed by atoms with van der Waals surface area (Å²) in [6, 6.07) is 13.9. The van der Waals surface area contributed by atoms with E-state index in [1.165, 1.54) is 12.1 Å². The zero-order chi connectivity index (χ0) is 22.5. The molecule has 2 aliphatic rings. The second-order valence-electron chi connectivity index (χ2n) is 8.14. The molecule has 2 aromatic heterocycles. The predicted octanol–water partition coefficient (Wildman–Crippen LogP) is 2.63. The maximum absolute atomic E-state index is 13.6. The lowest BCUT2D eigenvalue weighted by Gasteiger charge is -2.27. The quantitative estimate of drug-likeness (QED) is 0.509. The van der Waals surface area contributed by atoms with Crippen LogP contribution in [-0.2, 0) is 16.0 Å². The van der Waals surface area contributed by atoms with Crippen molar-refractivity contribution >= 4 is 29.0 Å². The Balaban J connectivity index is 1.58. The molecule has 0 atom stereocenters. The second-order valence-corrected chi connectivity index (χ2v) is 8.14. The lowest BCUT2D eigenvalue weighted by Crippen LogP contribution is -2.48. The zero-order valence-electron chi connectivity index (χ0n) is 17.5. The molecule has 8 nitrogen and oxygen atoms in total. The summed E-state index contributed by atoms with van der Waals surface area (Å²) in [6.07, 6.45) is 2.03. The molecule has 0 bridgehead atoms. The molecular formula is C24H19FN6O2. The molecule has 2 amide bonds. The number of anilines is 2. The number of fused-ring (bicyclic) bond motifs is 2. The molecule has 33 heavy (non-hydrogen) atoms. The summed E-state index contributed by atoms with van der Waals surface area (Å²) in [5, 5.41) is 10.6. The summed E-state index contributed by atoms with van der Waals surface area (Å²) in [6.45, 7) is 1.34. The number of nitrogens with one attached hydrogen (secondary N) is 2. The van der Waals surface area contributed by atoms with Crippen molar-refractivity contribution in [1.29, 1.82) is 0 Å². The Morgan fingerprint density at radius 2 is 1.79 bits per heavy atom. The number of hydrogen-bond donors (Lipinski definition) is 2. The molecule has 6 rings (SSSR count). The van der Waals surface area contributed by atoms with Crippen molar-refractivity contribution in [3.63, 3.8) is 0 Å². The fraction of sp³-hybridized carbons (Fsp3) is 0.167. The van der Waals surface area contributed by atoms with Gasteiger partial charge in [0.15, 0.2) is 0 Å². The molecule has 1 fully saturated rings. The van der Waals surface area contributed by atoms with Gasteiger partial charge in [-0.15, -0.1) is 0 Å². The van der Waals surface area contributed by atoms with Gasteiger partial charge in [-0.1, -0.05) is 6.07 Å². The van der Waals surface area contributed by atoms with E-state index in [2.05, 4.69) is 15.6 Å². The summed E-state index contributed by atoms with van der Waals surface area (Å²) < 4.78 is 15.4. The third-order valence-corrected chi connectivity index (χ3v) is 5.99. The molecule has 2 aromatic carbocycles. The highest BCUT2D eigenvalue weighted by molar-refractivity contribution is 6.01. The van der Waals surface area contributed by atoms with E-state index in [1.807, 2.05) is 29.2 Å². The van der Waals surface area contributed by atoms with Gasteiger partial charge in [0.1, 0.15) is 11.5 Å². The summed E-state index contributed by atoms with van der Waals surface area (Å²) >= 11 is 0. The van der Waals surface area contributed by atoms with Crippen LogP contribution in [0.5, 0.6) is 0 Å². The van der Waals surface area contributed by atoms with Crippen molar-refractivity contribution in [1.82, 2.24) is 19.9 Å². The minimum atomic E-state index is -0.326. The molecule has 0 spiro atoms. The Bertz CT molecular complexity index is 1430. The topological polar surface area (TPSA) is 91.6 Å². The molecule has 0 radical (unpaired) electrons. The molecule has 2 aliphatic heterocycles. The number of carbonyl (C=O) groups is 2. The van der Waals surface area contributed by atoms with Crippen molar-refractivity contribution in [2.24, 2.45) is 0 Å². The van der Waals surface area contributed by atoms with Crippen molar-refractivity contribution < 1.29 is 14.0 Å². The molecule has 0 unspecified atom stereocenters. The minimum Gasteiger partial charge on any atom is -0.353 e. The van der Waals surface area contributed by atoms with Gasteiger partial charge in [0, 0.05) is 36.1 Å². The number of nitrogens with zero attached hydrogens (tertiary/aromatic N) is 4. The van der Waals surface area contributed by atoms with Crippen LogP contribution in [0.1, 0.15) is 5.56 Å². The minimum absolute atomic E-state index is 0.0318. The van der Waals surface area contributed by atoms with E-state index in [4.69, 9.17) is 5.10 Å². The number of hydrogen-bond acceptors (Lipinski definition) is 5. The van der Waals surface area contributed by atoms with Crippen LogP contribution in [0.2, 0.25) is 0 Å². The number of carbonyl (C=O) groups excluding carboxylic acids is 2. The van der Waals surface area contributed by atoms with Gasteiger partial charge in [-0.05, 0) is 53.6 Å². The van der Waals surface area contributed by atoms with E-state index >= 15 is 0 Å². The van der Waals surface area contributed by atoms with E-state index in [0.29, 0.717) is 31.2 Å². The Kier molecular flexibility index (Phi) is 4.36. The van der Waals surface area contributed by atoms with Gasteiger partial charge in [0.25, 0.3) is 0 Å². The summed E-state index contributed by atoms with van der Waals surface area (Å²) in [5.74, 6) is 0.139. The fourth-order valence-electron chi connectivity index (χ4n) is 4.47. The number of rotatable bonds is 3. The van der Waals surface area contributed by atoms with E-state index in [1.54, 1.807) is 22.8 Å². The first-order chi connectivity index (χ1) is 16.1. The SMILES string of the molecule is O=C1CN(c2nccc3c(-c4ccc5c(c4)CC(=O)N5)c(-c4ccc(F)cc4)nn23)CCN1. The zero-order valence-corrected chi connectivity index (χ0v) is 17.5. The molecule has 2 N–H and O–H groups in total. The first-order valence-corrected chi connectivity index (χ1v) is 10.7. The smallest absolute Gasteiger partial charge is 0.239 e. The highest BCUT2D eigenvalue weighted by Crippen LogP contribution is 2.38. The molecule has 1 saturated heterocycles. The number of piperazine rings is 1. The van der Waals surface area contributed by atoms with Crippen LogP contribution in [-0.4, -0.2) is 46.0 Å². The third-order valence-electron chi connectivity index (χ3n) is 5.99. The van der Waals surface area contributed by atoms with Crippen molar-refractivity contribution in [3.05, 3.63) is 66.1 Å². The van der Waals surface area contributed by atoms with E-state index in [-0.39, 0.29) is 24.2 Å². The Hall–Kier alpha value is -4.27. The maximum atomic E-state index is 13.6. The molecule has 164 valence electrons. The van der Waals surface area contributed by atoms with Crippen LogP contribution in [0.4, 0.5) is 16.0 Å². The monoisotopic (exact) mass is 442 g/mol. The Labute approximate surface area is 188 Å². The second kappa shape index (κ2) is 7.40. The highest BCUT2D eigenvalue weighted by atomic mass is 19.1. The van der Waals surface area contributed by atoms with Crippen molar-refractivity contribution in [3.8, 4) is 22.4 Å². The number of halogens is 1. The number of aromatic nitrogens is 3. The molecule has 4 aromatic rings. The van der Waals surface area contributed by atoms with E-state index in [0.717, 1.165) is 33.5 Å². The molecule has 9 heteroatoms. The van der Waals surface area contributed by atoms with E-state index < -0.39 is 0 Å². The number of amides is 2. The fourth-order valence-corrected chi connectivity index (χ4v) is 4.47. The van der Waals surface area contributed by atoms with Crippen LogP contribution in [0.25, 0.3) is 27.9 Å². The normalized spacial score (nSPS) is 15.5. The average molecular weight is 442 g/mol. The molecule has 4 heterocycles. The van der Waals surface area contributed by atoms with Gasteiger partial charge in [-0.2, -0.15) is 9.61 Å². The van der Waals surface area contributed by atoms with Crippen LogP contribution in [0, 0.1) is 5.82 Å². The van der Waals surface area contributed by atoms with Crippen LogP contribution >= 0.6 is 0 Å². The highest BCUT2D eigenvalue weighted by Gasteiger charge is 2.25. The lowest BCUT2D eigenvalue weighted by molar-refractivity contribution is -0.120. The summed E-state index contributed by atoms with van der Waals surface area (Å²) in [5.41, 5.74) is 5.72. The van der Waals surface area contributed by atoms with Crippen molar-refractivity contribution in [2.75, 3.05) is 29.9 Å². The first kappa shape index (κ1) is 19.4. The van der Waals surface area contributed by atoms with E-state index in [9.17, 15) is 14.0 Å². The van der Waals surface area contributed by atoms with Gasteiger partial charge >= 0.3 is 0 Å². The Morgan fingerprint density at radius 3 is 2.61 bits per heavy atom. The third kappa shape index (κ3) is 3.29. The van der Waals surface area contributed by atoms with Crippen molar-refractivity contribution in [2.45, 2.75) is 6.42 Å². The van der Waals surface area contributed by atoms with Gasteiger partial charge < -0.3 is 15.5 Å². The number of benzene rings is 2. The standard InChI is InChI=1S/C24H19FN6O2/c25-17-4-1-14(2-5-17)23-22(15-3-6-18-16(11-15)12-20(32)28-18)19-7-8-27-24(31(19)29-23)30-10-9-26-21(33)13-30/h1-8,11H,9-10,12-13H2,(H,26,33)(H,28,32). The lowest BCUT2D eigenvalue weighted by atomic mass is 9.97.